The molecule has 133 heavy (non-hydrogen) atoms. The maximum atomic E-state index is 13.5. The summed E-state index contributed by atoms with van der Waals surface area (Å²) in [4.78, 5) is 137. The van der Waals surface area contributed by atoms with Gasteiger partial charge in [-0.05, 0) is 116 Å². The molecule has 0 bridgehead atoms. The normalized spacial score (nSPS) is 11.3. The van der Waals surface area contributed by atoms with Gasteiger partial charge in [0, 0.05) is 111 Å². The number of aryl methyl sites for hydroxylation is 3. The minimum absolute atomic E-state index is 0.0223. The van der Waals surface area contributed by atoms with Crippen molar-refractivity contribution in [2.24, 2.45) is 0 Å². The molecule has 17 N–H and O–H groups in total. The number of aromatic hydroxyl groups is 4. The van der Waals surface area contributed by atoms with Crippen LogP contribution in [0, 0.1) is 0 Å². The average Bonchev–Trinajstić information content (AvgIpc) is 1.62. The second-order valence-electron chi connectivity index (χ2n) is 31.1. The van der Waals surface area contributed by atoms with Gasteiger partial charge in [-0.25, -0.2) is 19.2 Å². The number of aromatic amines is 5. The molecular weight excluding hydrogens is 1710 g/mol. The summed E-state index contributed by atoms with van der Waals surface area (Å²) in [6.45, 7) is 1.97. The number of carboxylic acids is 6. The van der Waals surface area contributed by atoms with E-state index >= 15 is 0 Å². The van der Waals surface area contributed by atoms with Crippen molar-refractivity contribution in [1.29, 1.82) is 0 Å². The Morgan fingerprint density at radius 1 is 0.308 bits per heavy atom. The first-order chi connectivity index (χ1) is 64.2. The number of hydrogen-bond acceptors (Lipinski definition) is 20. The number of furan rings is 4. The molecule has 31 heteroatoms. The smallest absolute Gasteiger partial charge is 0.372 e. The summed E-state index contributed by atoms with van der Waals surface area (Å²) in [5.41, 5.74) is 10.9. The van der Waals surface area contributed by atoms with Crippen LogP contribution >= 0.6 is 0 Å². The zero-order valence-corrected chi connectivity index (χ0v) is 71.1. The lowest BCUT2D eigenvalue weighted by Gasteiger charge is -2.04. The number of benzene rings is 8. The quantitative estimate of drug-likeness (QED) is 0.0101. The van der Waals surface area contributed by atoms with Crippen LogP contribution in [0.5, 0.6) is 23.0 Å². The molecule has 17 aromatic rings. The van der Waals surface area contributed by atoms with E-state index < -0.39 is 128 Å². The lowest BCUT2D eigenvalue weighted by molar-refractivity contribution is -0.138. The van der Waals surface area contributed by atoms with Gasteiger partial charge < -0.3 is 104 Å². The highest BCUT2D eigenvalue weighted by atomic mass is 16.4. The molecule has 31 nitrogen and oxygen atoms in total. The van der Waals surface area contributed by atoms with Crippen molar-refractivity contribution in [2.45, 2.75) is 90.4 Å². The van der Waals surface area contributed by atoms with Crippen molar-refractivity contribution in [3.05, 3.63) is 321 Å². The second kappa shape index (κ2) is 40.9. The van der Waals surface area contributed by atoms with Crippen LogP contribution in [0.1, 0.15) is 194 Å². The molecule has 0 aliphatic carbocycles. The number of unbranched alkanes of at least 4 members (excludes halogenated alkanes) is 4. The number of aliphatic hydroxyl groups is 2. The molecule has 0 aliphatic heterocycles. The summed E-state index contributed by atoms with van der Waals surface area (Å²) in [5.74, 6) is -15.6. The van der Waals surface area contributed by atoms with Gasteiger partial charge >= 0.3 is 35.8 Å². The number of carboxylic acid groups (broad SMARTS) is 6. The number of aliphatic hydroxyl groups excluding tert-OH is 2. The highest BCUT2D eigenvalue weighted by Crippen LogP contribution is 2.47. The van der Waals surface area contributed by atoms with Gasteiger partial charge in [0.1, 0.15) is 0 Å². The van der Waals surface area contributed by atoms with E-state index in [-0.39, 0.29) is 70.6 Å². The highest BCUT2D eigenvalue weighted by molar-refractivity contribution is 6.22. The fourth-order valence-electron chi connectivity index (χ4n) is 16.1. The number of nitrogens with one attached hydrogen (secondary N) is 5. The van der Waals surface area contributed by atoms with Crippen LogP contribution in [0.15, 0.2) is 248 Å². The first kappa shape index (κ1) is 92.1. The molecule has 0 unspecified atom stereocenters. The monoisotopic (exact) mass is 1800 g/mol. The third-order valence-corrected chi connectivity index (χ3v) is 22.6. The topological polar surface area (TPSA) is 545 Å². The van der Waals surface area contributed by atoms with E-state index in [2.05, 4.69) is 24.9 Å². The van der Waals surface area contributed by atoms with Crippen molar-refractivity contribution in [3.63, 3.8) is 0 Å². The molecule has 0 spiro atoms. The molecular formula is C102H87N5O26. The summed E-state index contributed by atoms with van der Waals surface area (Å²) in [6, 6.07) is 54.4. The molecule has 9 aromatic heterocycles. The van der Waals surface area contributed by atoms with Gasteiger partial charge in [0.2, 0.25) is 69.2 Å². The largest absolute Gasteiger partial charge is 0.504 e. The van der Waals surface area contributed by atoms with Gasteiger partial charge in [-0.2, -0.15) is 0 Å². The number of allylic oxidation sites excluding steroid dienone is 1. The van der Waals surface area contributed by atoms with Crippen LogP contribution in [0.4, 0.5) is 0 Å². The number of aliphatic carboxylic acids is 2. The zero-order valence-electron chi connectivity index (χ0n) is 71.1. The van der Waals surface area contributed by atoms with E-state index in [1.165, 1.54) is 18.6 Å². The molecule has 9 heterocycles. The predicted octanol–water partition coefficient (Wildman–Crippen LogP) is 19.5. The fraction of sp³-hybridized carbons (Fsp3) is 0.157. The fourth-order valence-corrected chi connectivity index (χ4v) is 16.1. The number of aromatic nitrogens is 5. The first-order valence-electron chi connectivity index (χ1n) is 42.1. The Labute approximate surface area is 753 Å². The summed E-state index contributed by atoms with van der Waals surface area (Å²) in [5, 5.41) is 121. The Balaban J connectivity index is 0.000000143. The van der Waals surface area contributed by atoms with Crippen molar-refractivity contribution in [3.8, 4) is 67.5 Å². The molecule has 8 aromatic carbocycles. The molecule has 17 rings (SSSR count). The van der Waals surface area contributed by atoms with E-state index in [1.54, 1.807) is 152 Å². The predicted molar refractivity (Wildman–Crippen MR) is 489 cm³/mol. The molecule has 0 fully saturated rings. The minimum Gasteiger partial charge on any atom is -0.504 e. The third kappa shape index (κ3) is 19.5. The minimum atomic E-state index is -1.41. The third-order valence-electron chi connectivity index (χ3n) is 22.6. The van der Waals surface area contributed by atoms with E-state index in [0.29, 0.717) is 94.1 Å². The van der Waals surface area contributed by atoms with Crippen LogP contribution in [-0.4, -0.2) is 158 Å². The Hall–Kier alpha value is -17.1. The lowest BCUT2D eigenvalue weighted by Crippen LogP contribution is -2.00. The number of para-hydroxylation sites is 5. The maximum absolute atomic E-state index is 13.5. The van der Waals surface area contributed by atoms with Gasteiger partial charge in [-0.15, -0.1) is 0 Å². The van der Waals surface area contributed by atoms with Gasteiger partial charge in [0.15, 0.2) is 23.0 Å². The molecule has 0 aliphatic rings. The zero-order chi connectivity index (χ0) is 94.4. The number of hydrogen-bond donors (Lipinski definition) is 17. The maximum Gasteiger partial charge on any atom is 0.372 e. The van der Waals surface area contributed by atoms with E-state index in [0.717, 1.165) is 81.1 Å². The Morgan fingerprint density at radius 3 is 0.940 bits per heavy atom. The molecule has 0 atom stereocenters. The Bertz CT molecular complexity index is 7320. The highest BCUT2D eigenvalue weighted by Gasteiger charge is 2.37. The van der Waals surface area contributed by atoms with Crippen LogP contribution < -0.4 is 0 Å². The molecule has 0 saturated heterocycles. The van der Waals surface area contributed by atoms with Gasteiger partial charge in [-0.3, -0.25) is 28.8 Å². The standard InChI is InChI=1S/C27H22N2O7.C25H21NO7.C25H21NO6.C25H23NO6/c30-20(31)11-4-1-6-14-7-5-9-16-18(13-29-22(14)16)23(32)26-24(33)21(25(36-26)27(34)35)17-12-28-19-10-3-2-8-15(17)19;27-18(28)12-5-4-9-15-10-6-11-16-17(13-26-20(15)16)21(29)24-22(30)19(23(33-24)25(31)32)14-7-2-1-3-8-14;1-14(13-27)10-11-16-8-5-9-17-18(12-26-20(16)17)21(28)24-22(29)19(23(32-24)25(30)31)15-6-3-2-4-7-15;27-13-6-2-5-10-16-11-7-12-17-18(14-26-20(16)17)21(28)24-22(29)19(23(32-24)25(30)31)15-8-3-1-4-9-15/h2-3,5,7-10,12-13,28-29,33H,1,4,6,11H2,(H,30,31)(H,34,35);1-3,6-8,10-11,13,26,30H,4-5,9,12H2,(H,27,28)(H,31,32);2-10,12,26-27,29H,11,13H2,1H3,(H,30,31);1,3-4,7-9,11-12,14,26-27,29H,2,5-6,10,13H2,(H,30,31)/b;;14-10-;. The van der Waals surface area contributed by atoms with Gasteiger partial charge in [0.25, 0.3) is 0 Å². The van der Waals surface area contributed by atoms with Crippen LogP contribution in [0.25, 0.3) is 99.0 Å². The first-order valence-corrected chi connectivity index (χ1v) is 42.1. The van der Waals surface area contributed by atoms with Gasteiger partial charge in [0.05, 0.1) is 51.1 Å². The van der Waals surface area contributed by atoms with Crippen molar-refractivity contribution < 1.29 is 127 Å². The van der Waals surface area contributed by atoms with Crippen molar-refractivity contribution in [1.82, 2.24) is 24.9 Å². The SMILES string of the molecule is C/C(=C/Cc1cccc2c(C(=O)c3oc(C(=O)O)c(-c4ccccc4)c3O)c[nH]c12)CO.O=C(O)CCCCc1cccc2c(C(=O)c3oc(C(=O)O)c(-c4c[nH]c5ccccc45)c3O)c[nH]c12.O=C(O)CCCCc1cccc2c(C(=O)c3oc(C(=O)O)c(-c4ccccc4)c3O)c[nH]c12.O=C(O)c1oc(C(=O)c2c[nH]c3c(CCCCCO)cccc23)c(O)c1-c1ccccc1. The van der Waals surface area contributed by atoms with E-state index in [9.17, 15) is 93.9 Å². The number of aromatic carboxylic acids is 4. The van der Waals surface area contributed by atoms with Crippen molar-refractivity contribution in [2.75, 3.05) is 13.2 Å². The molecule has 0 amide bonds. The number of H-pyrrole nitrogens is 5. The lowest BCUT2D eigenvalue weighted by atomic mass is 10.00. The summed E-state index contributed by atoms with van der Waals surface area (Å²) >= 11 is 0. The second-order valence-corrected chi connectivity index (χ2v) is 31.1. The van der Waals surface area contributed by atoms with Gasteiger partial charge in [-0.1, -0.05) is 200 Å². The van der Waals surface area contributed by atoms with Crippen LogP contribution in [0.3, 0.4) is 0 Å². The number of ketones is 4. The Morgan fingerprint density at radius 2 is 0.609 bits per heavy atom. The summed E-state index contributed by atoms with van der Waals surface area (Å²) in [7, 11) is 0. The average molecular weight is 1800 g/mol. The van der Waals surface area contributed by atoms with Crippen LogP contribution in [-0.2, 0) is 35.3 Å². The van der Waals surface area contributed by atoms with Crippen molar-refractivity contribution >= 4 is 113 Å². The molecule has 0 radical (unpaired) electrons. The number of carbonyl (C=O) groups excluding carboxylic acids is 4. The number of fused-ring (bicyclic) bond motifs is 5. The van der Waals surface area contributed by atoms with E-state index in [1.807, 2.05) is 61.5 Å². The van der Waals surface area contributed by atoms with E-state index in [4.69, 9.17) is 33.0 Å². The number of rotatable bonds is 34. The number of carbonyl (C=O) groups is 10. The molecule has 676 valence electrons. The summed E-state index contributed by atoms with van der Waals surface area (Å²) in [6.07, 6.45) is 17.3. The molecule has 0 saturated carbocycles. The summed E-state index contributed by atoms with van der Waals surface area (Å²) < 4.78 is 21.6. The Kier molecular flexibility index (Phi) is 28.4. The van der Waals surface area contributed by atoms with Crippen LogP contribution in [0.2, 0.25) is 0 Å².